The summed E-state index contributed by atoms with van der Waals surface area (Å²) in [6.45, 7) is 2.82. The summed E-state index contributed by atoms with van der Waals surface area (Å²) in [5, 5.41) is 15.2. The molecule has 7 rings (SSSR count). The second kappa shape index (κ2) is 6.65. The number of aromatic nitrogens is 3. The molecule has 0 saturated heterocycles. The highest BCUT2D eigenvalue weighted by Gasteiger charge is 2.65. The van der Waals surface area contributed by atoms with E-state index in [0.717, 1.165) is 54.0 Å². The van der Waals surface area contributed by atoms with E-state index in [1.54, 1.807) is 12.4 Å². The van der Waals surface area contributed by atoms with Crippen molar-refractivity contribution in [2.24, 2.45) is 46.8 Å². The van der Waals surface area contributed by atoms with Crippen LogP contribution in [0.5, 0.6) is 0 Å². The molecule has 0 amide bonds. The summed E-state index contributed by atoms with van der Waals surface area (Å²) in [7, 11) is 0. The van der Waals surface area contributed by atoms with Gasteiger partial charge in [0.2, 0.25) is 0 Å². The van der Waals surface area contributed by atoms with Gasteiger partial charge in [-0.15, -0.1) is 0 Å². The number of ketones is 1. The van der Waals surface area contributed by atoms with Gasteiger partial charge in [-0.25, -0.2) is 0 Å². The highest BCUT2D eigenvalue weighted by atomic mass is 16.3. The van der Waals surface area contributed by atoms with Gasteiger partial charge >= 0.3 is 0 Å². The molecule has 0 aliphatic heterocycles. The molecule has 5 aliphatic carbocycles. The Labute approximate surface area is 190 Å². The van der Waals surface area contributed by atoms with Crippen molar-refractivity contribution in [2.45, 2.75) is 76.9 Å². The lowest BCUT2D eigenvalue weighted by molar-refractivity contribution is -0.131. The van der Waals surface area contributed by atoms with Crippen LogP contribution in [0.2, 0.25) is 0 Å². The van der Waals surface area contributed by atoms with Crippen molar-refractivity contribution in [3.63, 3.8) is 0 Å². The molecule has 2 aromatic rings. The zero-order valence-electron chi connectivity index (χ0n) is 19.1. The summed E-state index contributed by atoms with van der Waals surface area (Å²) in [6.07, 6.45) is 14.3. The molecule has 5 nitrogen and oxygen atoms in total. The summed E-state index contributed by atoms with van der Waals surface area (Å²) in [4.78, 5) is 17.9. The number of nitrogens with zero attached hydrogens (tertiary/aromatic N) is 3. The van der Waals surface area contributed by atoms with Crippen molar-refractivity contribution in [2.75, 3.05) is 0 Å². The minimum atomic E-state index is -0.283. The van der Waals surface area contributed by atoms with E-state index in [-0.39, 0.29) is 16.9 Å². The lowest BCUT2D eigenvalue weighted by atomic mass is 9.49. The van der Waals surface area contributed by atoms with Crippen LogP contribution in [0, 0.1) is 46.8 Å². The molecular weight excluding hydrogens is 398 g/mol. The summed E-state index contributed by atoms with van der Waals surface area (Å²) in [5.74, 6) is 5.10. The molecule has 0 radical (unpaired) electrons. The minimum absolute atomic E-state index is 0.154. The Morgan fingerprint density at radius 2 is 1.84 bits per heavy atom. The van der Waals surface area contributed by atoms with E-state index in [2.05, 4.69) is 17.0 Å². The van der Waals surface area contributed by atoms with Crippen molar-refractivity contribution in [1.82, 2.24) is 14.8 Å². The van der Waals surface area contributed by atoms with Crippen LogP contribution < -0.4 is 0 Å². The third kappa shape index (κ3) is 2.63. The lowest BCUT2D eigenvalue weighted by Gasteiger charge is -2.56. The van der Waals surface area contributed by atoms with Crippen molar-refractivity contribution >= 4 is 16.8 Å². The standard InChI is InChI=1S/C27H35N3O2/c1-26-10-8-16-17-9-11-27(32)13-22(27)19(17)5-4-18(16)20(26)6-7-21(26)25(31)15-30-24-3-2-12-28-23(24)14-29-30/h2-3,12,14,16-22,32H,4-11,13,15H2,1H3/t16-,17-,18-,19-,20+,21-,22?,26+,27+/m1/s1. The fraction of sp³-hybridized carbons (Fsp3) is 0.741. The number of carbonyl (C=O) groups excluding carboxylic acids is 1. The Hall–Kier alpha value is -1.75. The van der Waals surface area contributed by atoms with E-state index in [9.17, 15) is 9.90 Å². The van der Waals surface area contributed by atoms with Crippen LogP contribution in [0.3, 0.4) is 0 Å². The molecule has 1 unspecified atom stereocenters. The fourth-order valence-electron chi connectivity index (χ4n) is 9.51. The summed E-state index contributed by atoms with van der Waals surface area (Å²) in [5.41, 5.74) is 1.69. The summed E-state index contributed by atoms with van der Waals surface area (Å²) >= 11 is 0. The molecule has 9 atom stereocenters. The summed E-state index contributed by atoms with van der Waals surface area (Å²) in [6, 6.07) is 3.93. The normalized spacial score (nSPS) is 46.8. The maximum atomic E-state index is 13.6. The average molecular weight is 434 g/mol. The molecule has 0 spiro atoms. The number of pyridine rings is 1. The molecule has 5 aliphatic rings. The maximum Gasteiger partial charge on any atom is 0.157 e. The third-order valence-electron chi connectivity index (χ3n) is 11.1. The second-order valence-electron chi connectivity index (χ2n) is 12.1. The topological polar surface area (TPSA) is 68.0 Å². The first-order valence-corrected chi connectivity index (χ1v) is 13.0. The first kappa shape index (κ1) is 19.7. The minimum Gasteiger partial charge on any atom is -0.390 e. The van der Waals surface area contributed by atoms with Gasteiger partial charge in [-0.2, -0.15) is 5.10 Å². The Kier molecular flexibility index (Phi) is 4.09. The largest absolute Gasteiger partial charge is 0.390 e. The van der Waals surface area contributed by atoms with Crippen LogP contribution in [0.15, 0.2) is 24.5 Å². The van der Waals surface area contributed by atoms with E-state index in [0.29, 0.717) is 24.2 Å². The molecule has 1 N–H and O–H groups in total. The molecule has 0 bridgehead atoms. The zero-order valence-corrected chi connectivity index (χ0v) is 19.1. The predicted molar refractivity (Wildman–Crippen MR) is 122 cm³/mol. The number of hydrogen-bond acceptors (Lipinski definition) is 4. The number of hydrogen-bond donors (Lipinski definition) is 1. The number of Topliss-reactive ketones (excluding diaryl/α,β-unsaturated/α-hetero) is 1. The highest BCUT2D eigenvalue weighted by molar-refractivity contribution is 5.84. The van der Waals surface area contributed by atoms with Gasteiger partial charge in [-0.1, -0.05) is 6.92 Å². The zero-order chi connectivity index (χ0) is 21.7. The van der Waals surface area contributed by atoms with Crippen molar-refractivity contribution < 1.29 is 9.90 Å². The van der Waals surface area contributed by atoms with E-state index < -0.39 is 0 Å². The molecule has 32 heavy (non-hydrogen) atoms. The number of fused-ring (bicyclic) bond motifs is 8. The Bertz CT molecular complexity index is 1080. The molecule has 0 aromatic carbocycles. The van der Waals surface area contributed by atoms with Crippen LogP contribution in [-0.4, -0.2) is 31.3 Å². The van der Waals surface area contributed by atoms with Gasteiger partial charge in [-0.3, -0.25) is 14.5 Å². The molecule has 5 fully saturated rings. The van der Waals surface area contributed by atoms with Gasteiger partial charge < -0.3 is 5.11 Å². The van der Waals surface area contributed by atoms with Crippen LogP contribution in [0.1, 0.15) is 64.7 Å². The van der Waals surface area contributed by atoms with Crippen molar-refractivity contribution in [1.29, 1.82) is 0 Å². The Balaban J connectivity index is 1.11. The van der Waals surface area contributed by atoms with Gasteiger partial charge in [0, 0.05) is 12.1 Å². The molecule has 2 aromatic heterocycles. The SMILES string of the molecule is C[C@]12CC[C@@H]3[C@H]4CC[C@]5(O)CC5[C@@H]4CC[C@H]3[C@@H]1CC[C@@H]2C(=O)Cn1ncc2ncccc21. The lowest BCUT2D eigenvalue weighted by Crippen LogP contribution is -2.50. The van der Waals surface area contributed by atoms with Crippen LogP contribution in [0.4, 0.5) is 0 Å². The van der Waals surface area contributed by atoms with Gasteiger partial charge in [0.1, 0.15) is 12.1 Å². The molecular formula is C27H35N3O2. The first-order valence-electron chi connectivity index (χ1n) is 13.0. The smallest absolute Gasteiger partial charge is 0.157 e. The van der Waals surface area contributed by atoms with Crippen molar-refractivity contribution in [3.8, 4) is 0 Å². The van der Waals surface area contributed by atoms with E-state index in [1.165, 1.54) is 38.5 Å². The van der Waals surface area contributed by atoms with Crippen molar-refractivity contribution in [3.05, 3.63) is 24.5 Å². The van der Waals surface area contributed by atoms with Crippen LogP contribution >= 0.6 is 0 Å². The number of aliphatic hydroxyl groups is 1. The van der Waals surface area contributed by atoms with Gasteiger partial charge in [-0.05, 0) is 111 Å². The first-order chi connectivity index (χ1) is 15.5. The molecule has 5 saturated carbocycles. The van der Waals surface area contributed by atoms with E-state index in [1.807, 2.05) is 16.8 Å². The molecule has 170 valence electrons. The highest BCUT2D eigenvalue weighted by Crippen LogP contribution is 2.68. The van der Waals surface area contributed by atoms with Gasteiger partial charge in [0.15, 0.2) is 5.78 Å². The van der Waals surface area contributed by atoms with E-state index >= 15 is 0 Å². The quantitative estimate of drug-likeness (QED) is 0.766. The summed E-state index contributed by atoms with van der Waals surface area (Å²) < 4.78 is 1.86. The average Bonchev–Trinajstić information content (AvgIpc) is 3.15. The second-order valence-corrected chi connectivity index (χ2v) is 12.1. The maximum absolute atomic E-state index is 13.6. The van der Waals surface area contributed by atoms with Gasteiger partial charge in [0.05, 0.1) is 17.3 Å². The van der Waals surface area contributed by atoms with Crippen LogP contribution in [0.25, 0.3) is 11.0 Å². The number of carbonyl (C=O) groups is 1. The Morgan fingerprint density at radius 3 is 2.69 bits per heavy atom. The molecule has 2 heterocycles. The fourth-order valence-corrected chi connectivity index (χ4v) is 9.51. The van der Waals surface area contributed by atoms with E-state index in [4.69, 9.17) is 0 Å². The Morgan fingerprint density at radius 1 is 1.06 bits per heavy atom. The third-order valence-corrected chi connectivity index (χ3v) is 11.1. The monoisotopic (exact) mass is 433 g/mol. The molecule has 5 heteroatoms. The predicted octanol–water partition coefficient (Wildman–Crippen LogP) is 4.63. The number of rotatable bonds is 3. The van der Waals surface area contributed by atoms with Gasteiger partial charge in [0.25, 0.3) is 0 Å². The van der Waals surface area contributed by atoms with Crippen LogP contribution in [-0.2, 0) is 11.3 Å².